The van der Waals surface area contributed by atoms with Gasteiger partial charge in [-0.15, -0.1) is 0 Å². The average Bonchev–Trinajstić information content (AvgIpc) is 2.77. The molecule has 1 aromatic carbocycles. The summed E-state index contributed by atoms with van der Waals surface area (Å²) in [7, 11) is 0. The molecule has 0 aliphatic carbocycles. The third-order valence-corrected chi connectivity index (χ3v) is 2.45. The minimum atomic E-state index is -4.46. The molecule has 0 saturated carbocycles. The highest BCUT2D eigenvalue weighted by Gasteiger charge is 2.35. The summed E-state index contributed by atoms with van der Waals surface area (Å²) in [5, 5.41) is 3.64. The fraction of sp³-hybridized carbons (Fsp3) is 0.167. The van der Waals surface area contributed by atoms with Crippen LogP contribution in [-0.2, 0) is 6.18 Å². The average molecular weight is 254 g/mol. The highest BCUT2D eigenvalue weighted by molar-refractivity contribution is 5.94. The lowest BCUT2D eigenvalue weighted by Gasteiger charge is -2.10. The number of rotatable bonds is 2. The third kappa shape index (κ3) is 2.27. The molecule has 0 fully saturated rings. The van der Waals surface area contributed by atoms with Crippen molar-refractivity contribution < 1.29 is 18.0 Å². The van der Waals surface area contributed by atoms with E-state index in [1.54, 1.807) is 0 Å². The zero-order chi connectivity index (χ0) is 13.3. The summed E-state index contributed by atoms with van der Waals surface area (Å²) in [6, 6.07) is 6.70. The predicted molar refractivity (Wildman–Crippen MR) is 58.6 cm³/mol. The largest absolute Gasteiger partial charge is 0.433 e. The fourth-order valence-corrected chi connectivity index (χ4v) is 1.56. The summed E-state index contributed by atoms with van der Waals surface area (Å²) < 4.78 is 38.8. The third-order valence-electron chi connectivity index (χ3n) is 2.45. The first-order valence-corrected chi connectivity index (χ1v) is 5.12. The Hall–Kier alpha value is -2.11. The Bertz CT molecular complexity index is 570. The minimum absolute atomic E-state index is 0.141. The maximum absolute atomic E-state index is 12.7. The van der Waals surface area contributed by atoms with Gasteiger partial charge in [0.05, 0.1) is 11.9 Å². The van der Waals surface area contributed by atoms with Crippen LogP contribution >= 0.6 is 0 Å². The van der Waals surface area contributed by atoms with E-state index in [1.807, 2.05) is 0 Å². The van der Waals surface area contributed by atoms with Gasteiger partial charge in [-0.05, 0) is 37.3 Å². The molecule has 94 valence electrons. The number of ketones is 1. The van der Waals surface area contributed by atoms with Crippen LogP contribution in [0.15, 0.2) is 36.5 Å². The molecule has 18 heavy (non-hydrogen) atoms. The molecular weight excluding hydrogens is 245 g/mol. The monoisotopic (exact) mass is 254 g/mol. The van der Waals surface area contributed by atoms with E-state index >= 15 is 0 Å². The maximum atomic E-state index is 12.7. The van der Waals surface area contributed by atoms with Crippen molar-refractivity contribution >= 4 is 5.78 Å². The Kier molecular flexibility index (Phi) is 2.94. The van der Waals surface area contributed by atoms with Crippen molar-refractivity contribution in [3.05, 3.63) is 47.8 Å². The molecular formula is C12H9F3N2O. The summed E-state index contributed by atoms with van der Waals surface area (Å²) in [5.74, 6) is -0.141. The number of Topliss-reactive ketones (excluding diaryl/α,β-unsaturated/α-hetero) is 1. The van der Waals surface area contributed by atoms with Gasteiger partial charge in [0, 0.05) is 5.56 Å². The van der Waals surface area contributed by atoms with Crippen molar-refractivity contribution in [2.24, 2.45) is 0 Å². The van der Waals surface area contributed by atoms with Crippen LogP contribution in [0.4, 0.5) is 13.2 Å². The van der Waals surface area contributed by atoms with Gasteiger partial charge >= 0.3 is 6.18 Å². The molecule has 2 aromatic rings. The van der Waals surface area contributed by atoms with Crippen LogP contribution in [0, 0.1) is 0 Å². The zero-order valence-electron chi connectivity index (χ0n) is 9.40. The van der Waals surface area contributed by atoms with Crippen LogP contribution in [0.3, 0.4) is 0 Å². The number of hydrogen-bond acceptors (Lipinski definition) is 2. The number of halogens is 3. The summed E-state index contributed by atoms with van der Waals surface area (Å²) in [6.07, 6.45) is -3.38. The summed E-state index contributed by atoms with van der Waals surface area (Å²) in [5.41, 5.74) is -0.144. The van der Waals surface area contributed by atoms with Crippen molar-refractivity contribution in [3.63, 3.8) is 0 Å². The number of carbonyl (C=O) groups excluding carboxylic acids is 1. The van der Waals surface area contributed by atoms with E-state index in [4.69, 9.17) is 0 Å². The molecule has 0 spiro atoms. The first-order valence-electron chi connectivity index (χ1n) is 5.12. The molecule has 0 radical (unpaired) electrons. The molecule has 0 atom stereocenters. The molecule has 0 aliphatic rings. The van der Waals surface area contributed by atoms with E-state index in [-0.39, 0.29) is 11.5 Å². The van der Waals surface area contributed by atoms with Gasteiger partial charge in [-0.3, -0.25) is 4.79 Å². The predicted octanol–water partition coefficient (Wildman–Crippen LogP) is 3.09. The first-order chi connectivity index (χ1) is 8.39. The molecule has 1 heterocycles. The van der Waals surface area contributed by atoms with Crippen molar-refractivity contribution in [3.8, 4) is 5.69 Å². The molecule has 2 rings (SSSR count). The summed E-state index contributed by atoms with van der Waals surface area (Å²) >= 11 is 0. The first kappa shape index (κ1) is 12.3. The summed E-state index contributed by atoms with van der Waals surface area (Å²) in [4.78, 5) is 11.1. The lowest BCUT2D eigenvalue weighted by atomic mass is 10.1. The number of hydrogen-bond donors (Lipinski definition) is 0. The van der Waals surface area contributed by atoms with Crippen LogP contribution in [-0.4, -0.2) is 15.6 Å². The van der Waals surface area contributed by atoms with Gasteiger partial charge in [-0.2, -0.15) is 18.3 Å². The normalized spacial score (nSPS) is 11.6. The van der Waals surface area contributed by atoms with Crippen LogP contribution in [0.5, 0.6) is 0 Å². The van der Waals surface area contributed by atoms with Crippen LogP contribution in [0.1, 0.15) is 23.0 Å². The van der Waals surface area contributed by atoms with Crippen molar-refractivity contribution in [1.82, 2.24) is 9.78 Å². The van der Waals surface area contributed by atoms with E-state index in [0.717, 1.165) is 16.9 Å². The van der Waals surface area contributed by atoms with E-state index in [0.29, 0.717) is 5.56 Å². The summed E-state index contributed by atoms with van der Waals surface area (Å²) in [6.45, 7) is 1.39. The smallest absolute Gasteiger partial charge is 0.295 e. The minimum Gasteiger partial charge on any atom is -0.295 e. The van der Waals surface area contributed by atoms with E-state index < -0.39 is 11.9 Å². The Morgan fingerprint density at radius 3 is 2.28 bits per heavy atom. The SMILES string of the molecule is CC(=O)c1ccc(-n2nccc2C(F)(F)F)cc1. The van der Waals surface area contributed by atoms with Crippen molar-refractivity contribution in [2.75, 3.05) is 0 Å². The van der Waals surface area contributed by atoms with Gasteiger partial charge in [0.2, 0.25) is 0 Å². The second-order valence-corrected chi connectivity index (χ2v) is 3.73. The second kappa shape index (κ2) is 4.29. The van der Waals surface area contributed by atoms with Crippen molar-refractivity contribution in [1.29, 1.82) is 0 Å². The molecule has 0 saturated heterocycles. The van der Waals surface area contributed by atoms with Gasteiger partial charge in [-0.25, -0.2) is 4.68 Å². The topological polar surface area (TPSA) is 34.9 Å². The molecule has 1 aromatic heterocycles. The van der Waals surface area contributed by atoms with E-state index in [9.17, 15) is 18.0 Å². The van der Waals surface area contributed by atoms with Gasteiger partial charge in [0.1, 0.15) is 5.69 Å². The lowest BCUT2D eigenvalue weighted by molar-refractivity contribution is -0.142. The van der Waals surface area contributed by atoms with Gasteiger partial charge < -0.3 is 0 Å². The fourth-order valence-electron chi connectivity index (χ4n) is 1.56. The quantitative estimate of drug-likeness (QED) is 0.772. The molecule has 0 amide bonds. The van der Waals surface area contributed by atoms with E-state index in [1.165, 1.54) is 31.2 Å². The molecule has 0 unspecified atom stereocenters. The molecule has 6 heteroatoms. The second-order valence-electron chi connectivity index (χ2n) is 3.73. The number of aromatic nitrogens is 2. The number of nitrogens with zero attached hydrogens (tertiary/aromatic N) is 2. The standard InChI is InChI=1S/C12H9F3N2O/c1-8(18)9-2-4-10(5-3-9)17-11(6-7-16-17)12(13,14)15/h2-7H,1H3. The Labute approximate surface area is 101 Å². The molecule has 3 nitrogen and oxygen atoms in total. The van der Waals surface area contributed by atoms with Crippen LogP contribution in [0.25, 0.3) is 5.69 Å². The highest BCUT2D eigenvalue weighted by atomic mass is 19.4. The zero-order valence-corrected chi connectivity index (χ0v) is 9.40. The number of benzene rings is 1. The van der Waals surface area contributed by atoms with Gasteiger partial charge in [0.25, 0.3) is 0 Å². The van der Waals surface area contributed by atoms with Gasteiger partial charge in [-0.1, -0.05) is 0 Å². The Morgan fingerprint density at radius 2 is 1.78 bits per heavy atom. The van der Waals surface area contributed by atoms with E-state index in [2.05, 4.69) is 5.10 Å². The molecule has 0 bridgehead atoms. The maximum Gasteiger partial charge on any atom is 0.433 e. The number of carbonyl (C=O) groups is 1. The number of alkyl halides is 3. The highest BCUT2D eigenvalue weighted by Crippen LogP contribution is 2.30. The lowest BCUT2D eigenvalue weighted by Crippen LogP contribution is -2.13. The van der Waals surface area contributed by atoms with Gasteiger partial charge in [0.15, 0.2) is 5.78 Å². The molecule has 0 N–H and O–H groups in total. The Morgan fingerprint density at radius 1 is 1.17 bits per heavy atom. The van der Waals surface area contributed by atoms with Crippen LogP contribution < -0.4 is 0 Å². The Balaban J connectivity index is 2.44. The molecule has 0 aliphatic heterocycles. The van der Waals surface area contributed by atoms with Crippen LogP contribution in [0.2, 0.25) is 0 Å². The van der Waals surface area contributed by atoms with Crippen molar-refractivity contribution in [2.45, 2.75) is 13.1 Å².